The van der Waals surface area contributed by atoms with Crippen molar-refractivity contribution in [3.05, 3.63) is 136 Å². The predicted molar refractivity (Wildman–Crippen MR) is 149 cm³/mol. The van der Waals surface area contributed by atoms with Crippen LogP contribution in [0, 0.1) is 11.8 Å². The lowest BCUT2D eigenvalue weighted by atomic mass is 9.47. The van der Waals surface area contributed by atoms with Gasteiger partial charge in [-0.3, -0.25) is 14.4 Å². The fourth-order valence-corrected chi connectivity index (χ4v) is 6.87. The normalized spacial score (nSPS) is 24.4. The van der Waals surface area contributed by atoms with Crippen molar-refractivity contribution >= 4 is 41.2 Å². The summed E-state index contributed by atoms with van der Waals surface area (Å²) >= 11 is 5.97. The van der Waals surface area contributed by atoms with Crippen LogP contribution >= 0.6 is 11.6 Å². The van der Waals surface area contributed by atoms with Gasteiger partial charge in [-0.05, 0) is 58.7 Å². The van der Waals surface area contributed by atoms with Crippen molar-refractivity contribution in [1.29, 1.82) is 0 Å². The molecule has 4 aliphatic rings. The van der Waals surface area contributed by atoms with E-state index in [1.807, 2.05) is 66.7 Å². The van der Waals surface area contributed by atoms with Crippen molar-refractivity contribution < 1.29 is 14.4 Å². The molecule has 3 aliphatic carbocycles. The van der Waals surface area contributed by atoms with E-state index < -0.39 is 23.2 Å². The lowest BCUT2D eigenvalue weighted by Gasteiger charge is -2.52. The number of para-hydroxylation sites is 1. The number of nitrogens with zero attached hydrogens (tertiary/aromatic N) is 2. The molecule has 1 fully saturated rings. The average Bonchev–Trinajstić information content (AvgIpc) is 3.24. The van der Waals surface area contributed by atoms with E-state index in [9.17, 15) is 14.4 Å². The first-order chi connectivity index (χ1) is 19.0. The number of hydrazone groups is 1. The Balaban J connectivity index is 1.40. The zero-order chi connectivity index (χ0) is 26.7. The molecule has 0 aromatic heterocycles. The average molecular weight is 532 g/mol. The second-order valence-corrected chi connectivity index (χ2v) is 10.5. The molecule has 2 bridgehead atoms. The summed E-state index contributed by atoms with van der Waals surface area (Å²) in [6.07, 6.45) is 1.66. The van der Waals surface area contributed by atoms with E-state index in [1.54, 1.807) is 42.6 Å². The number of halogens is 1. The van der Waals surface area contributed by atoms with Crippen LogP contribution in [0.25, 0.3) is 0 Å². The molecule has 0 spiro atoms. The third-order valence-corrected chi connectivity index (χ3v) is 8.49. The lowest BCUT2D eigenvalue weighted by molar-refractivity contribution is -0.122. The van der Waals surface area contributed by atoms with E-state index in [0.717, 1.165) is 22.3 Å². The van der Waals surface area contributed by atoms with E-state index >= 15 is 0 Å². The summed E-state index contributed by atoms with van der Waals surface area (Å²) < 4.78 is 0. The molecule has 6 nitrogen and oxygen atoms in total. The van der Waals surface area contributed by atoms with Gasteiger partial charge in [0.1, 0.15) is 0 Å². The van der Waals surface area contributed by atoms with Crippen molar-refractivity contribution in [1.82, 2.24) is 5.43 Å². The van der Waals surface area contributed by atoms with E-state index in [-0.39, 0.29) is 17.7 Å². The molecule has 1 N–H and O–H groups in total. The Morgan fingerprint density at radius 3 is 2.03 bits per heavy atom. The number of carbonyl (C=O) groups excluding carboxylic acids is 3. The van der Waals surface area contributed by atoms with Gasteiger partial charge in [0.25, 0.3) is 5.91 Å². The van der Waals surface area contributed by atoms with Gasteiger partial charge in [0.05, 0.1) is 22.9 Å². The standard InChI is InChI=1S/C32H22ClN3O3/c33-20-16-14-19(15-17-20)29(37)35-34-18-32-24-12-6-4-10-22(24)26(23-11-5-7-13-25(23)32)27-28(32)31(39)36(30(27)38)21-8-2-1-3-9-21/h1-18,26-28H,(H,35,37)/b34-18-/t26?,27-,28-,32?/m0/s1. The van der Waals surface area contributed by atoms with Gasteiger partial charge in [-0.25, -0.2) is 10.3 Å². The molecule has 0 unspecified atom stereocenters. The fourth-order valence-electron chi connectivity index (χ4n) is 6.74. The van der Waals surface area contributed by atoms with Crippen LogP contribution in [0.4, 0.5) is 5.69 Å². The number of anilines is 1. The monoisotopic (exact) mass is 531 g/mol. The number of carbonyl (C=O) groups is 3. The highest BCUT2D eigenvalue weighted by Crippen LogP contribution is 2.63. The highest BCUT2D eigenvalue weighted by molar-refractivity contribution is 6.30. The van der Waals surface area contributed by atoms with E-state index in [0.29, 0.717) is 16.3 Å². The summed E-state index contributed by atoms with van der Waals surface area (Å²) in [5, 5.41) is 4.96. The molecule has 0 saturated carbocycles. The molecule has 190 valence electrons. The van der Waals surface area contributed by atoms with Crippen molar-refractivity contribution in [2.75, 3.05) is 4.90 Å². The molecule has 3 amide bonds. The van der Waals surface area contributed by atoms with Gasteiger partial charge in [-0.15, -0.1) is 0 Å². The molecule has 4 aromatic carbocycles. The SMILES string of the molecule is O=C(N/N=C\C12c3ccccc3C(c3ccccc31)[C@@H]1C(=O)N(c3ccccc3)C(=O)[C@H]12)c1ccc(Cl)cc1. The first-order valence-corrected chi connectivity index (χ1v) is 13.1. The highest BCUT2D eigenvalue weighted by Gasteiger charge is 2.68. The third kappa shape index (κ3) is 3.28. The van der Waals surface area contributed by atoms with Gasteiger partial charge in [-0.1, -0.05) is 78.3 Å². The van der Waals surface area contributed by atoms with Gasteiger partial charge in [-0.2, -0.15) is 5.10 Å². The lowest BCUT2D eigenvalue weighted by Crippen LogP contribution is -2.54. The van der Waals surface area contributed by atoms with Gasteiger partial charge in [0.15, 0.2) is 0 Å². The van der Waals surface area contributed by atoms with Crippen LogP contribution in [0.15, 0.2) is 108 Å². The first-order valence-electron chi connectivity index (χ1n) is 12.7. The molecule has 2 atom stereocenters. The summed E-state index contributed by atoms with van der Waals surface area (Å²) in [4.78, 5) is 42.5. The minimum atomic E-state index is -1.05. The number of nitrogens with one attached hydrogen (secondary N) is 1. The Morgan fingerprint density at radius 2 is 1.38 bits per heavy atom. The number of hydrogen-bond donors (Lipinski definition) is 1. The van der Waals surface area contributed by atoms with Gasteiger partial charge < -0.3 is 0 Å². The van der Waals surface area contributed by atoms with Crippen LogP contribution in [0.1, 0.15) is 38.5 Å². The van der Waals surface area contributed by atoms with E-state index in [1.165, 1.54) is 4.90 Å². The van der Waals surface area contributed by atoms with Gasteiger partial charge in [0, 0.05) is 22.7 Å². The Kier molecular flexibility index (Phi) is 5.28. The summed E-state index contributed by atoms with van der Waals surface area (Å²) in [5.74, 6) is -2.45. The molecule has 1 saturated heterocycles. The van der Waals surface area contributed by atoms with Gasteiger partial charge >= 0.3 is 0 Å². The second kappa shape index (κ2) is 8.75. The zero-order valence-corrected chi connectivity index (χ0v) is 21.4. The van der Waals surface area contributed by atoms with Gasteiger partial charge in [0.2, 0.25) is 11.8 Å². The largest absolute Gasteiger partial charge is 0.274 e. The molecule has 1 aliphatic heterocycles. The summed E-state index contributed by atoms with van der Waals surface area (Å²) in [6.45, 7) is 0. The molecule has 39 heavy (non-hydrogen) atoms. The molecule has 4 aromatic rings. The van der Waals surface area contributed by atoms with E-state index in [4.69, 9.17) is 11.6 Å². The Bertz CT molecular complexity index is 1640. The maximum absolute atomic E-state index is 14.3. The summed E-state index contributed by atoms with van der Waals surface area (Å²) in [7, 11) is 0. The Morgan fingerprint density at radius 1 is 0.795 bits per heavy atom. The quantitative estimate of drug-likeness (QED) is 0.220. The minimum Gasteiger partial charge on any atom is -0.274 e. The molecule has 8 rings (SSSR count). The van der Waals surface area contributed by atoms with Crippen molar-refractivity contribution in [2.24, 2.45) is 16.9 Å². The Hall–Kier alpha value is -4.55. The zero-order valence-electron chi connectivity index (χ0n) is 20.6. The topological polar surface area (TPSA) is 78.8 Å². The number of hydrogen-bond acceptors (Lipinski definition) is 4. The predicted octanol–water partition coefficient (Wildman–Crippen LogP) is 5.31. The van der Waals surface area contributed by atoms with Crippen molar-refractivity contribution in [3.8, 4) is 0 Å². The van der Waals surface area contributed by atoms with Crippen LogP contribution in [-0.2, 0) is 15.0 Å². The number of imide groups is 1. The molecule has 1 heterocycles. The minimum absolute atomic E-state index is 0.215. The van der Waals surface area contributed by atoms with Crippen LogP contribution in [0.3, 0.4) is 0 Å². The summed E-state index contributed by atoms with van der Waals surface area (Å²) in [5.41, 5.74) is 6.40. The first kappa shape index (κ1) is 23.6. The number of rotatable bonds is 4. The molecular formula is C32H22ClN3O3. The highest BCUT2D eigenvalue weighted by atomic mass is 35.5. The van der Waals surface area contributed by atoms with Crippen LogP contribution in [-0.4, -0.2) is 23.9 Å². The third-order valence-electron chi connectivity index (χ3n) is 8.24. The fraction of sp³-hybridized carbons (Fsp3) is 0.125. The van der Waals surface area contributed by atoms with Crippen molar-refractivity contribution in [3.63, 3.8) is 0 Å². The second-order valence-electron chi connectivity index (χ2n) is 10.1. The maximum atomic E-state index is 14.3. The van der Waals surface area contributed by atoms with Crippen molar-refractivity contribution in [2.45, 2.75) is 11.3 Å². The summed E-state index contributed by atoms with van der Waals surface area (Å²) in [6, 6.07) is 31.4. The van der Waals surface area contributed by atoms with E-state index in [2.05, 4.69) is 10.5 Å². The number of benzene rings is 4. The molecule has 7 heteroatoms. The number of amides is 3. The van der Waals surface area contributed by atoms with Crippen LogP contribution in [0.2, 0.25) is 5.02 Å². The molecule has 0 radical (unpaired) electrons. The van der Waals surface area contributed by atoms with Crippen LogP contribution in [0.5, 0.6) is 0 Å². The van der Waals surface area contributed by atoms with Crippen LogP contribution < -0.4 is 10.3 Å². The smallest absolute Gasteiger partial charge is 0.271 e. The molecular weight excluding hydrogens is 510 g/mol. The maximum Gasteiger partial charge on any atom is 0.271 e. The Labute approximate surface area is 229 Å².